The average Bonchev–Trinajstić information content (AvgIpc) is 2.45. The number of piperidine rings is 1. The highest BCUT2D eigenvalue weighted by molar-refractivity contribution is 5.50. The molecular formula is C15H26N4. The molecule has 4 nitrogen and oxygen atoms in total. The first-order chi connectivity index (χ1) is 9.20. The van der Waals surface area contributed by atoms with Gasteiger partial charge in [-0.1, -0.05) is 20.8 Å². The highest BCUT2D eigenvalue weighted by Gasteiger charge is 2.15. The van der Waals surface area contributed by atoms with E-state index in [1.165, 1.54) is 19.3 Å². The molecule has 0 aromatic carbocycles. The van der Waals surface area contributed by atoms with E-state index in [2.05, 4.69) is 42.0 Å². The van der Waals surface area contributed by atoms with Crippen LogP contribution in [0.1, 0.15) is 58.2 Å². The van der Waals surface area contributed by atoms with Crippen LogP contribution in [-0.4, -0.2) is 29.6 Å². The highest BCUT2D eigenvalue weighted by atomic mass is 15.2. The van der Waals surface area contributed by atoms with Crippen LogP contribution in [0.2, 0.25) is 0 Å². The summed E-state index contributed by atoms with van der Waals surface area (Å²) in [7, 11) is 0. The van der Waals surface area contributed by atoms with E-state index in [4.69, 9.17) is 4.98 Å². The third-order valence-electron chi connectivity index (χ3n) is 3.48. The van der Waals surface area contributed by atoms with Crippen LogP contribution in [0.15, 0.2) is 6.07 Å². The third-order valence-corrected chi connectivity index (χ3v) is 3.48. The predicted molar refractivity (Wildman–Crippen MR) is 81.0 cm³/mol. The van der Waals surface area contributed by atoms with Crippen molar-refractivity contribution < 1.29 is 0 Å². The van der Waals surface area contributed by atoms with Crippen LogP contribution in [0.5, 0.6) is 0 Å². The molecule has 0 radical (unpaired) electrons. The van der Waals surface area contributed by atoms with Gasteiger partial charge in [-0.3, -0.25) is 0 Å². The van der Waals surface area contributed by atoms with Crippen molar-refractivity contribution >= 4 is 11.6 Å². The van der Waals surface area contributed by atoms with Crippen molar-refractivity contribution in [2.75, 3.05) is 29.9 Å². The van der Waals surface area contributed by atoms with Crippen molar-refractivity contribution in [1.29, 1.82) is 0 Å². The van der Waals surface area contributed by atoms with Crippen LogP contribution < -0.4 is 10.2 Å². The molecule has 1 aromatic rings. The zero-order valence-corrected chi connectivity index (χ0v) is 12.4. The molecule has 0 atom stereocenters. The number of hydrogen-bond acceptors (Lipinski definition) is 4. The quantitative estimate of drug-likeness (QED) is 0.883. The topological polar surface area (TPSA) is 41.0 Å². The molecule has 0 amide bonds. The van der Waals surface area contributed by atoms with Gasteiger partial charge in [0.1, 0.15) is 17.5 Å². The van der Waals surface area contributed by atoms with E-state index in [0.29, 0.717) is 5.92 Å². The minimum atomic E-state index is 0.368. The summed E-state index contributed by atoms with van der Waals surface area (Å²) in [5.41, 5.74) is 0. The van der Waals surface area contributed by atoms with Crippen LogP contribution in [0, 0.1) is 0 Å². The van der Waals surface area contributed by atoms with Gasteiger partial charge in [0.05, 0.1) is 0 Å². The van der Waals surface area contributed by atoms with Crippen LogP contribution in [0.4, 0.5) is 11.6 Å². The Bertz CT molecular complexity index is 397. The molecule has 2 heterocycles. The van der Waals surface area contributed by atoms with Gasteiger partial charge in [0.2, 0.25) is 0 Å². The Kier molecular flexibility index (Phi) is 5.00. The molecule has 1 saturated heterocycles. The Balaban J connectivity index is 2.22. The fourth-order valence-corrected chi connectivity index (χ4v) is 2.34. The summed E-state index contributed by atoms with van der Waals surface area (Å²) in [6.07, 6.45) is 5.01. The van der Waals surface area contributed by atoms with E-state index in [-0.39, 0.29) is 0 Å². The third kappa shape index (κ3) is 3.82. The van der Waals surface area contributed by atoms with Crippen molar-refractivity contribution in [3.8, 4) is 0 Å². The first kappa shape index (κ1) is 14.1. The van der Waals surface area contributed by atoms with Gasteiger partial charge in [0.15, 0.2) is 0 Å². The number of nitrogens with one attached hydrogen (secondary N) is 1. The average molecular weight is 262 g/mol. The molecule has 1 N–H and O–H groups in total. The van der Waals surface area contributed by atoms with Crippen LogP contribution in [0.3, 0.4) is 0 Å². The van der Waals surface area contributed by atoms with E-state index < -0.39 is 0 Å². The summed E-state index contributed by atoms with van der Waals surface area (Å²) in [5, 5.41) is 3.39. The first-order valence-corrected chi connectivity index (χ1v) is 7.58. The van der Waals surface area contributed by atoms with E-state index in [1.54, 1.807) is 0 Å². The van der Waals surface area contributed by atoms with E-state index in [1.807, 2.05) is 0 Å². The van der Waals surface area contributed by atoms with E-state index in [0.717, 1.165) is 43.5 Å². The summed E-state index contributed by atoms with van der Waals surface area (Å²) in [6.45, 7) is 9.69. The lowest BCUT2D eigenvalue weighted by molar-refractivity contribution is 0.571. The van der Waals surface area contributed by atoms with Crippen molar-refractivity contribution in [2.45, 2.75) is 52.4 Å². The zero-order chi connectivity index (χ0) is 13.7. The first-order valence-electron chi connectivity index (χ1n) is 7.58. The molecule has 0 spiro atoms. The smallest absolute Gasteiger partial charge is 0.135 e. The maximum atomic E-state index is 4.74. The lowest BCUT2D eigenvalue weighted by Crippen LogP contribution is -2.30. The van der Waals surface area contributed by atoms with E-state index >= 15 is 0 Å². The molecule has 4 heteroatoms. The minimum absolute atomic E-state index is 0.368. The normalized spacial score (nSPS) is 15.9. The van der Waals surface area contributed by atoms with E-state index in [9.17, 15) is 0 Å². The van der Waals surface area contributed by atoms with Gasteiger partial charge in [-0.05, 0) is 25.7 Å². The highest BCUT2D eigenvalue weighted by Crippen LogP contribution is 2.22. The van der Waals surface area contributed by atoms with Crippen molar-refractivity contribution in [3.63, 3.8) is 0 Å². The Morgan fingerprint density at radius 2 is 1.95 bits per heavy atom. The van der Waals surface area contributed by atoms with Crippen LogP contribution in [0.25, 0.3) is 0 Å². The zero-order valence-electron chi connectivity index (χ0n) is 12.4. The number of hydrogen-bond donors (Lipinski definition) is 1. The summed E-state index contributed by atoms with van der Waals surface area (Å²) >= 11 is 0. The molecule has 0 saturated carbocycles. The van der Waals surface area contributed by atoms with Gasteiger partial charge in [0.25, 0.3) is 0 Å². The van der Waals surface area contributed by atoms with Crippen molar-refractivity contribution in [2.24, 2.45) is 0 Å². The van der Waals surface area contributed by atoms with Gasteiger partial charge < -0.3 is 10.2 Å². The van der Waals surface area contributed by atoms with Gasteiger partial charge in [-0.2, -0.15) is 0 Å². The molecule has 0 bridgehead atoms. The lowest BCUT2D eigenvalue weighted by atomic mass is 10.1. The lowest BCUT2D eigenvalue weighted by Gasteiger charge is -2.28. The molecule has 19 heavy (non-hydrogen) atoms. The number of nitrogens with zero attached hydrogens (tertiary/aromatic N) is 3. The SMILES string of the molecule is CCCNc1cc(N2CCCCC2)nc(C(C)C)n1. The Hall–Kier alpha value is -1.32. The summed E-state index contributed by atoms with van der Waals surface area (Å²) in [6, 6.07) is 2.10. The predicted octanol–water partition coefficient (Wildman–Crippen LogP) is 3.41. The standard InChI is InChI=1S/C15H26N4/c1-4-8-16-13-11-14(18-15(17-13)12(2)3)19-9-6-5-7-10-19/h11-12H,4-10H2,1-3H3,(H,16,17,18). The van der Waals surface area contributed by atoms with Gasteiger partial charge in [0, 0.05) is 31.6 Å². The minimum Gasteiger partial charge on any atom is -0.370 e. The number of anilines is 2. The summed E-state index contributed by atoms with van der Waals surface area (Å²) in [5.74, 6) is 3.38. The monoisotopic (exact) mass is 262 g/mol. The summed E-state index contributed by atoms with van der Waals surface area (Å²) < 4.78 is 0. The Morgan fingerprint density at radius 3 is 2.58 bits per heavy atom. The molecular weight excluding hydrogens is 236 g/mol. The van der Waals surface area contributed by atoms with Gasteiger partial charge in [-0.15, -0.1) is 0 Å². The second-order valence-corrected chi connectivity index (χ2v) is 5.60. The fourth-order valence-electron chi connectivity index (χ4n) is 2.34. The fraction of sp³-hybridized carbons (Fsp3) is 0.733. The Labute approximate surface area is 116 Å². The maximum absolute atomic E-state index is 4.74. The van der Waals surface area contributed by atoms with Crippen LogP contribution >= 0.6 is 0 Å². The maximum Gasteiger partial charge on any atom is 0.135 e. The molecule has 1 aliphatic rings. The number of aromatic nitrogens is 2. The molecule has 106 valence electrons. The molecule has 1 aromatic heterocycles. The second kappa shape index (κ2) is 6.73. The van der Waals surface area contributed by atoms with Gasteiger partial charge in [-0.25, -0.2) is 9.97 Å². The largest absolute Gasteiger partial charge is 0.370 e. The molecule has 0 unspecified atom stereocenters. The second-order valence-electron chi connectivity index (χ2n) is 5.60. The molecule has 1 fully saturated rings. The number of rotatable bonds is 5. The molecule has 0 aliphatic carbocycles. The van der Waals surface area contributed by atoms with Crippen LogP contribution in [-0.2, 0) is 0 Å². The van der Waals surface area contributed by atoms with Crippen molar-refractivity contribution in [3.05, 3.63) is 11.9 Å². The van der Waals surface area contributed by atoms with Crippen molar-refractivity contribution in [1.82, 2.24) is 9.97 Å². The van der Waals surface area contributed by atoms with Gasteiger partial charge >= 0.3 is 0 Å². The Morgan fingerprint density at radius 1 is 1.21 bits per heavy atom. The molecule has 1 aliphatic heterocycles. The summed E-state index contributed by atoms with van der Waals surface area (Å²) in [4.78, 5) is 11.8. The molecule has 2 rings (SSSR count).